The van der Waals surface area contributed by atoms with Gasteiger partial charge in [-0.05, 0) is 73.8 Å². The topological polar surface area (TPSA) is 62.7 Å². The molecular weight excluding hydrogens is 482 g/mol. The van der Waals surface area contributed by atoms with Gasteiger partial charge < -0.3 is 9.84 Å². The Morgan fingerprint density at radius 3 is 2.81 bits per heavy atom. The standard InChI is InChI=1S/C28H30F2N2O3S/c1-35-21-6-7-25-23(16-21)27(20(18-29)19-31-25)24(30)8-9-28(17-26(33)34)10-13-32(14-11-28)12-2-4-22-5-3-15-36-22/h3,5-7,15-16,19,24H,8-14,17-18H2,1H3,(H,33,34). The molecule has 3 aromatic rings. The molecule has 0 aliphatic carbocycles. The van der Waals surface area contributed by atoms with Crippen molar-refractivity contribution in [3.8, 4) is 17.6 Å². The molecule has 1 aliphatic heterocycles. The second kappa shape index (κ2) is 11.8. The molecule has 1 N–H and O–H groups in total. The third-order valence-electron chi connectivity index (χ3n) is 7.06. The molecule has 2 aromatic heterocycles. The zero-order valence-electron chi connectivity index (χ0n) is 20.3. The van der Waals surface area contributed by atoms with Gasteiger partial charge in [0.05, 0.1) is 30.5 Å². The second-order valence-electron chi connectivity index (χ2n) is 9.35. The van der Waals surface area contributed by atoms with Crippen LogP contribution >= 0.6 is 11.3 Å². The predicted octanol–water partition coefficient (Wildman–Crippen LogP) is 6.17. The number of thiophene rings is 1. The minimum absolute atomic E-state index is 0.00464. The van der Waals surface area contributed by atoms with Gasteiger partial charge in [-0.25, -0.2) is 8.78 Å². The lowest BCUT2D eigenvalue weighted by atomic mass is 9.71. The number of ether oxygens (including phenoxy) is 1. The summed E-state index contributed by atoms with van der Waals surface area (Å²) in [4.78, 5) is 19.2. The van der Waals surface area contributed by atoms with E-state index in [-0.39, 0.29) is 24.0 Å². The summed E-state index contributed by atoms with van der Waals surface area (Å²) < 4.78 is 34.9. The number of hydrogen-bond donors (Lipinski definition) is 1. The highest BCUT2D eigenvalue weighted by Crippen LogP contribution is 2.43. The van der Waals surface area contributed by atoms with Crippen molar-refractivity contribution in [3.05, 3.63) is 57.9 Å². The normalized spacial score (nSPS) is 16.3. The van der Waals surface area contributed by atoms with Gasteiger partial charge in [0.25, 0.3) is 0 Å². The van der Waals surface area contributed by atoms with Gasteiger partial charge in [0.15, 0.2) is 0 Å². The van der Waals surface area contributed by atoms with E-state index >= 15 is 4.39 Å². The number of aromatic nitrogens is 1. The summed E-state index contributed by atoms with van der Waals surface area (Å²) in [6.45, 7) is 1.23. The number of likely N-dealkylation sites (tertiary alicyclic amines) is 1. The molecule has 0 amide bonds. The first-order valence-electron chi connectivity index (χ1n) is 12.0. The van der Waals surface area contributed by atoms with Crippen LogP contribution in [0.4, 0.5) is 8.78 Å². The fraction of sp³-hybridized carbons (Fsp3) is 0.429. The van der Waals surface area contributed by atoms with Gasteiger partial charge in [-0.3, -0.25) is 14.7 Å². The molecule has 36 heavy (non-hydrogen) atoms. The summed E-state index contributed by atoms with van der Waals surface area (Å²) in [6.07, 6.45) is 1.80. The van der Waals surface area contributed by atoms with E-state index in [9.17, 15) is 14.3 Å². The molecule has 1 aromatic carbocycles. The Bertz CT molecular complexity index is 1240. The van der Waals surface area contributed by atoms with Gasteiger partial charge in [-0.15, -0.1) is 11.3 Å². The van der Waals surface area contributed by atoms with Gasteiger partial charge in [-0.2, -0.15) is 0 Å². The highest BCUT2D eigenvalue weighted by Gasteiger charge is 2.37. The number of fused-ring (bicyclic) bond motifs is 1. The maximum absolute atomic E-state index is 15.8. The summed E-state index contributed by atoms with van der Waals surface area (Å²) in [5.74, 6) is 6.02. The number of rotatable bonds is 9. The van der Waals surface area contributed by atoms with Crippen molar-refractivity contribution >= 4 is 28.2 Å². The van der Waals surface area contributed by atoms with E-state index in [0.29, 0.717) is 55.5 Å². The smallest absolute Gasteiger partial charge is 0.303 e. The molecule has 4 rings (SSSR count). The number of hydrogen-bond acceptors (Lipinski definition) is 5. The monoisotopic (exact) mass is 512 g/mol. The Balaban J connectivity index is 1.47. The lowest BCUT2D eigenvalue weighted by Gasteiger charge is -2.41. The summed E-state index contributed by atoms with van der Waals surface area (Å²) in [7, 11) is 1.52. The summed E-state index contributed by atoms with van der Waals surface area (Å²) in [5, 5.41) is 12.1. The van der Waals surface area contributed by atoms with E-state index in [0.717, 1.165) is 4.88 Å². The van der Waals surface area contributed by atoms with E-state index < -0.39 is 24.2 Å². The van der Waals surface area contributed by atoms with E-state index in [1.807, 2.05) is 17.5 Å². The third kappa shape index (κ3) is 6.21. The number of benzene rings is 1. The molecule has 0 saturated carbocycles. The lowest BCUT2D eigenvalue weighted by Crippen LogP contribution is -2.41. The number of carbonyl (C=O) groups is 1. The largest absolute Gasteiger partial charge is 0.497 e. The zero-order valence-corrected chi connectivity index (χ0v) is 21.1. The number of carboxylic acids is 1. The minimum atomic E-state index is -1.44. The highest BCUT2D eigenvalue weighted by molar-refractivity contribution is 7.10. The average molecular weight is 513 g/mol. The molecule has 5 nitrogen and oxygen atoms in total. The SMILES string of the molecule is COc1ccc2ncc(CF)c(C(F)CCC3(CC(=O)O)CCN(CC#Cc4cccs4)CC3)c2c1. The summed E-state index contributed by atoms with van der Waals surface area (Å²) in [5.41, 5.74) is 0.579. The number of carboxylic acid groups (broad SMARTS) is 1. The van der Waals surface area contributed by atoms with Gasteiger partial charge >= 0.3 is 5.97 Å². The van der Waals surface area contributed by atoms with Gasteiger partial charge in [0, 0.05) is 22.7 Å². The van der Waals surface area contributed by atoms with Crippen molar-refractivity contribution in [2.75, 3.05) is 26.7 Å². The summed E-state index contributed by atoms with van der Waals surface area (Å²) >= 11 is 1.60. The Labute approximate surface area is 214 Å². The van der Waals surface area contributed by atoms with Crippen LogP contribution in [-0.2, 0) is 11.5 Å². The molecule has 0 bridgehead atoms. The van der Waals surface area contributed by atoms with Crippen LogP contribution in [0.25, 0.3) is 10.9 Å². The number of nitrogens with zero attached hydrogens (tertiary/aromatic N) is 2. The van der Waals surface area contributed by atoms with Gasteiger partial charge in [0.1, 0.15) is 18.6 Å². The number of piperidine rings is 1. The fourth-order valence-electron chi connectivity index (χ4n) is 5.02. The Kier molecular flexibility index (Phi) is 8.55. The third-order valence-corrected chi connectivity index (χ3v) is 7.85. The molecule has 1 saturated heterocycles. The highest BCUT2D eigenvalue weighted by atomic mass is 32.1. The Hall–Kier alpha value is -3.02. The van der Waals surface area contributed by atoms with Gasteiger partial charge in [-0.1, -0.05) is 17.9 Å². The van der Waals surface area contributed by atoms with E-state index in [4.69, 9.17) is 4.74 Å². The second-order valence-corrected chi connectivity index (χ2v) is 10.3. The fourth-order valence-corrected chi connectivity index (χ4v) is 5.62. The number of alkyl halides is 2. The van der Waals surface area contributed by atoms with Crippen LogP contribution in [-0.4, -0.2) is 47.7 Å². The van der Waals surface area contributed by atoms with Crippen LogP contribution in [0.2, 0.25) is 0 Å². The quantitative estimate of drug-likeness (QED) is 0.347. The molecule has 0 radical (unpaired) electrons. The van der Waals surface area contributed by atoms with Crippen LogP contribution in [0, 0.1) is 17.3 Å². The molecule has 3 heterocycles. The Morgan fingerprint density at radius 2 is 2.14 bits per heavy atom. The molecule has 8 heteroatoms. The molecular formula is C28H30F2N2O3S. The molecule has 190 valence electrons. The van der Waals surface area contributed by atoms with Crippen LogP contribution < -0.4 is 4.74 Å². The maximum atomic E-state index is 15.8. The van der Waals surface area contributed by atoms with E-state index in [1.165, 1.54) is 13.3 Å². The van der Waals surface area contributed by atoms with Crippen molar-refractivity contribution in [2.24, 2.45) is 5.41 Å². The first kappa shape index (κ1) is 26.1. The molecule has 1 aliphatic rings. The van der Waals surface area contributed by atoms with Crippen molar-refractivity contribution in [3.63, 3.8) is 0 Å². The van der Waals surface area contributed by atoms with Crippen molar-refractivity contribution in [1.29, 1.82) is 0 Å². The predicted molar refractivity (Wildman–Crippen MR) is 138 cm³/mol. The van der Waals surface area contributed by atoms with Crippen LogP contribution in [0.15, 0.2) is 41.9 Å². The Morgan fingerprint density at radius 1 is 1.33 bits per heavy atom. The number of aliphatic carboxylic acids is 1. The first-order valence-corrected chi connectivity index (χ1v) is 12.9. The van der Waals surface area contributed by atoms with Crippen LogP contribution in [0.3, 0.4) is 0 Å². The number of halogens is 2. The summed E-state index contributed by atoms with van der Waals surface area (Å²) in [6, 6.07) is 9.11. The molecule has 1 atom stereocenters. The number of pyridine rings is 1. The lowest BCUT2D eigenvalue weighted by molar-refractivity contribution is -0.141. The van der Waals surface area contributed by atoms with E-state index in [1.54, 1.807) is 29.5 Å². The van der Waals surface area contributed by atoms with Crippen LogP contribution in [0.1, 0.15) is 54.3 Å². The minimum Gasteiger partial charge on any atom is -0.497 e. The molecule has 1 unspecified atom stereocenters. The molecule has 0 spiro atoms. The van der Waals surface area contributed by atoms with Crippen LogP contribution in [0.5, 0.6) is 5.75 Å². The van der Waals surface area contributed by atoms with Crippen molar-refractivity contribution in [1.82, 2.24) is 9.88 Å². The van der Waals surface area contributed by atoms with Crippen molar-refractivity contribution in [2.45, 2.75) is 45.0 Å². The number of methoxy groups -OCH3 is 1. The first-order chi connectivity index (χ1) is 17.4. The zero-order chi connectivity index (χ0) is 25.5. The molecule has 1 fully saturated rings. The van der Waals surface area contributed by atoms with E-state index in [2.05, 4.69) is 21.7 Å². The maximum Gasteiger partial charge on any atom is 0.303 e. The van der Waals surface area contributed by atoms with Crippen molar-refractivity contribution < 1.29 is 23.4 Å². The van der Waals surface area contributed by atoms with Gasteiger partial charge in [0.2, 0.25) is 0 Å². The average Bonchev–Trinajstić information content (AvgIpc) is 3.40.